The molecule has 1 fully saturated rings. The maximum Gasteiger partial charge on any atom is 0.119 e. The lowest BCUT2D eigenvalue weighted by Crippen LogP contribution is -2.42. The molecule has 3 rings (SSSR count). The number of rotatable bonds is 6. The second kappa shape index (κ2) is 8.80. The van der Waals surface area contributed by atoms with Gasteiger partial charge in [0.05, 0.1) is 13.2 Å². The van der Waals surface area contributed by atoms with Crippen LogP contribution in [0.4, 0.5) is 0 Å². The van der Waals surface area contributed by atoms with Crippen molar-refractivity contribution in [2.75, 3.05) is 39.5 Å². The molecule has 4 nitrogen and oxygen atoms in total. The molecule has 0 aliphatic carbocycles. The Hall–Kier alpha value is -1.15. The molecule has 0 amide bonds. The number of aliphatic hydroxyl groups excluding tert-OH is 1. The molecule has 1 N–H and O–H groups in total. The summed E-state index contributed by atoms with van der Waals surface area (Å²) in [6.45, 7) is 4.17. The lowest BCUT2D eigenvalue weighted by molar-refractivity contribution is 0.00466. The zero-order chi connectivity index (χ0) is 16.8. The molecular weight excluding hydrogens is 417 g/mol. The van der Waals surface area contributed by atoms with Gasteiger partial charge in [-0.05, 0) is 51.9 Å². The standard InChI is InChI=1S/C19H22INO3/c20-19-4-2-1-3-18(19)15-5-7-17(8-6-15)24-14-16(22)13-21-9-11-23-12-10-21/h1-8,16,22H,9-14H2. The third-order valence-electron chi connectivity index (χ3n) is 4.05. The first-order chi connectivity index (χ1) is 11.7. The highest BCUT2D eigenvalue weighted by Gasteiger charge is 2.15. The molecule has 0 radical (unpaired) electrons. The number of ether oxygens (including phenoxy) is 2. The molecule has 24 heavy (non-hydrogen) atoms. The van der Waals surface area contributed by atoms with Crippen molar-refractivity contribution in [3.63, 3.8) is 0 Å². The van der Waals surface area contributed by atoms with Crippen LogP contribution in [0, 0.1) is 3.57 Å². The monoisotopic (exact) mass is 439 g/mol. The second-order valence-corrected chi connectivity index (χ2v) is 7.04. The highest BCUT2D eigenvalue weighted by Crippen LogP contribution is 2.26. The van der Waals surface area contributed by atoms with Gasteiger partial charge in [-0.2, -0.15) is 0 Å². The molecule has 1 heterocycles. The third kappa shape index (κ3) is 4.92. The molecule has 2 aromatic rings. The smallest absolute Gasteiger partial charge is 0.119 e. The minimum absolute atomic E-state index is 0.305. The molecule has 5 heteroatoms. The highest BCUT2D eigenvalue weighted by atomic mass is 127. The Morgan fingerprint density at radius 3 is 2.50 bits per heavy atom. The van der Waals surface area contributed by atoms with Gasteiger partial charge in [0.25, 0.3) is 0 Å². The van der Waals surface area contributed by atoms with Gasteiger partial charge < -0.3 is 14.6 Å². The summed E-state index contributed by atoms with van der Waals surface area (Å²) in [6.07, 6.45) is -0.488. The Bertz CT molecular complexity index is 641. The van der Waals surface area contributed by atoms with Crippen LogP contribution in [0.25, 0.3) is 11.1 Å². The van der Waals surface area contributed by atoms with E-state index in [9.17, 15) is 5.11 Å². The zero-order valence-corrected chi connectivity index (χ0v) is 15.7. The topological polar surface area (TPSA) is 41.9 Å². The average Bonchev–Trinajstić information content (AvgIpc) is 2.62. The van der Waals surface area contributed by atoms with E-state index in [-0.39, 0.29) is 0 Å². The van der Waals surface area contributed by atoms with E-state index in [1.807, 2.05) is 24.3 Å². The van der Waals surface area contributed by atoms with Gasteiger partial charge in [0.2, 0.25) is 0 Å². The van der Waals surface area contributed by atoms with Crippen LogP contribution in [-0.4, -0.2) is 55.6 Å². The fourth-order valence-corrected chi connectivity index (χ4v) is 3.45. The maximum absolute atomic E-state index is 10.1. The first-order valence-electron chi connectivity index (χ1n) is 8.18. The van der Waals surface area contributed by atoms with Gasteiger partial charge in [0.15, 0.2) is 0 Å². The van der Waals surface area contributed by atoms with Gasteiger partial charge in [-0.15, -0.1) is 0 Å². The summed E-state index contributed by atoms with van der Waals surface area (Å²) in [6, 6.07) is 16.3. The lowest BCUT2D eigenvalue weighted by Gasteiger charge is -2.28. The van der Waals surface area contributed by atoms with Crippen molar-refractivity contribution in [2.24, 2.45) is 0 Å². The van der Waals surface area contributed by atoms with Gasteiger partial charge in [0.1, 0.15) is 18.5 Å². The Balaban J connectivity index is 1.52. The molecule has 1 atom stereocenters. The van der Waals surface area contributed by atoms with Crippen LogP contribution in [0.1, 0.15) is 0 Å². The van der Waals surface area contributed by atoms with Crippen molar-refractivity contribution >= 4 is 22.6 Å². The van der Waals surface area contributed by atoms with Crippen molar-refractivity contribution in [3.05, 3.63) is 52.1 Å². The Kier molecular flexibility index (Phi) is 6.48. The zero-order valence-electron chi connectivity index (χ0n) is 13.5. The summed E-state index contributed by atoms with van der Waals surface area (Å²) >= 11 is 2.35. The van der Waals surface area contributed by atoms with E-state index >= 15 is 0 Å². The molecule has 0 saturated carbocycles. The van der Waals surface area contributed by atoms with Crippen molar-refractivity contribution < 1.29 is 14.6 Å². The molecule has 1 unspecified atom stereocenters. The third-order valence-corrected chi connectivity index (χ3v) is 4.99. The van der Waals surface area contributed by atoms with Crippen molar-refractivity contribution in [1.82, 2.24) is 4.90 Å². The van der Waals surface area contributed by atoms with Gasteiger partial charge in [-0.3, -0.25) is 4.90 Å². The normalized spacial score (nSPS) is 16.8. The van der Waals surface area contributed by atoms with Gasteiger partial charge in [-0.25, -0.2) is 0 Å². The van der Waals surface area contributed by atoms with E-state index in [1.165, 1.54) is 14.7 Å². The van der Waals surface area contributed by atoms with Crippen LogP contribution in [0.3, 0.4) is 0 Å². The minimum Gasteiger partial charge on any atom is -0.491 e. The van der Waals surface area contributed by atoms with Crippen LogP contribution in [0.5, 0.6) is 5.75 Å². The Morgan fingerprint density at radius 1 is 1.08 bits per heavy atom. The Morgan fingerprint density at radius 2 is 1.79 bits per heavy atom. The number of hydrogen-bond acceptors (Lipinski definition) is 4. The number of hydrogen-bond donors (Lipinski definition) is 1. The molecule has 1 aliphatic heterocycles. The number of benzene rings is 2. The largest absolute Gasteiger partial charge is 0.491 e. The second-order valence-electron chi connectivity index (χ2n) is 5.88. The van der Waals surface area contributed by atoms with Crippen LogP contribution in [-0.2, 0) is 4.74 Å². The first-order valence-corrected chi connectivity index (χ1v) is 9.26. The van der Waals surface area contributed by atoms with E-state index in [1.54, 1.807) is 0 Å². The van der Waals surface area contributed by atoms with Crippen molar-refractivity contribution in [3.8, 4) is 16.9 Å². The number of halogens is 1. The molecule has 1 saturated heterocycles. The molecule has 0 spiro atoms. The number of aliphatic hydroxyl groups is 1. The van der Waals surface area contributed by atoms with Crippen LogP contribution >= 0.6 is 22.6 Å². The molecular formula is C19H22INO3. The summed E-state index contributed by atoms with van der Waals surface area (Å²) in [5, 5.41) is 10.1. The van der Waals surface area contributed by atoms with E-state index in [2.05, 4.69) is 51.8 Å². The fraction of sp³-hybridized carbons (Fsp3) is 0.368. The van der Waals surface area contributed by atoms with Crippen LogP contribution in [0.15, 0.2) is 48.5 Å². The predicted molar refractivity (Wildman–Crippen MR) is 103 cm³/mol. The van der Waals surface area contributed by atoms with E-state index in [4.69, 9.17) is 9.47 Å². The van der Waals surface area contributed by atoms with Gasteiger partial charge in [-0.1, -0.05) is 30.3 Å². The van der Waals surface area contributed by atoms with E-state index in [0.29, 0.717) is 13.2 Å². The molecule has 0 bridgehead atoms. The molecule has 2 aromatic carbocycles. The number of morpholine rings is 1. The van der Waals surface area contributed by atoms with E-state index in [0.717, 1.165) is 32.1 Å². The molecule has 128 valence electrons. The summed E-state index contributed by atoms with van der Waals surface area (Å²) < 4.78 is 12.3. The van der Waals surface area contributed by atoms with Crippen molar-refractivity contribution in [1.29, 1.82) is 0 Å². The molecule has 0 aromatic heterocycles. The molecule has 1 aliphatic rings. The number of nitrogens with zero attached hydrogens (tertiary/aromatic N) is 1. The van der Waals surface area contributed by atoms with Crippen LogP contribution in [0.2, 0.25) is 0 Å². The fourth-order valence-electron chi connectivity index (χ4n) is 2.75. The highest BCUT2D eigenvalue weighted by molar-refractivity contribution is 14.1. The van der Waals surface area contributed by atoms with Gasteiger partial charge >= 0.3 is 0 Å². The predicted octanol–water partition coefficient (Wildman–Crippen LogP) is 3.03. The van der Waals surface area contributed by atoms with Crippen LogP contribution < -0.4 is 4.74 Å². The van der Waals surface area contributed by atoms with Gasteiger partial charge in [0, 0.05) is 23.2 Å². The average molecular weight is 439 g/mol. The maximum atomic E-state index is 10.1. The SMILES string of the molecule is OC(COc1ccc(-c2ccccc2I)cc1)CN1CCOCC1. The van der Waals surface area contributed by atoms with E-state index < -0.39 is 6.10 Å². The summed E-state index contributed by atoms with van der Waals surface area (Å²) in [5.41, 5.74) is 2.39. The first kappa shape index (κ1) is 17.7. The quantitative estimate of drug-likeness (QED) is 0.703. The minimum atomic E-state index is -0.488. The summed E-state index contributed by atoms with van der Waals surface area (Å²) in [5.74, 6) is 0.783. The van der Waals surface area contributed by atoms with Crippen molar-refractivity contribution in [2.45, 2.75) is 6.10 Å². The Labute approximate surface area is 156 Å². The lowest BCUT2D eigenvalue weighted by atomic mass is 10.1. The summed E-state index contributed by atoms with van der Waals surface area (Å²) in [4.78, 5) is 2.21. The number of β-amino-alcohol motifs (C(OH)–C–C–N with tert-alkyl or cyclic N) is 1. The summed E-state index contributed by atoms with van der Waals surface area (Å²) in [7, 11) is 0.